The summed E-state index contributed by atoms with van der Waals surface area (Å²) in [6.07, 6.45) is 0. The normalized spacial score (nSPS) is 19.4. The van der Waals surface area contributed by atoms with Gasteiger partial charge in [0.25, 0.3) is 5.91 Å². The maximum absolute atomic E-state index is 11.8. The molecule has 2 rings (SSSR count). The van der Waals surface area contributed by atoms with Gasteiger partial charge in [-0.05, 0) is 12.1 Å². The van der Waals surface area contributed by atoms with Crippen LogP contribution in [-0.2, 0) is 4.74 Å². The highest BCUT2D eigenvalue weighted by Gasteiger charge is 2.15. The molecule has 98 valence electrons. The summed E-state index contributed by atoms with van der Waals surface area (Å²) < 4.78 is 5.26. The minimum atomic E-state index is -0.339. The SMILES string of the molecule is O=C(NCC1COCCN1)c1cc(O)cc(O)c1. The fraction of sp³-hybridized carbons (Fsp3) is 0.417. The number of rotatable bonds is 3. The summed E-state index contributed by atoms with van der Waals surface area (Å²) in [5, 5.41) is 24.5. The number of phenols is 2. The first-order valence-corrected chi connectivity index (χ1v) is 5.77. The Morgan fingerprint density at radius 3 is 2.72 bits per heavy atom. The van der Waals surface area contributed by atoms with Gasteiger partial charge in [0.2, 0.25) is 0 Å². The number of morpholine rings is 1. The molecule has 0 saturated carbocycles. The molecule has 1 aromatic rings. The van der Waals surface area contributed by atoms with Crippen LogP contribution in [0.1, 0.15) is 10.4 Å². The molecule has 1 amide bonds. The van der Waals surface area contributed by atoms with E-state index in [1.807, 2.05) is 0 Å². The Kier molecular flexibility index (Phi) is 4.01. The van der Waals surface area contributed by atoms with E-state index < -0.39 is 0 Å². The Morgan fingerprint density at radius 2 is 2.11 bits per heavy atom. The number of phenolic OH excluding ortho intramolecular Hbond substituents is 2. The summed E-state index contributed by atoms with van der Waals surface area (Å²) in [5.74, 6) is -0.618. The lowest BCUT2D eigenvalue weighted by molar-refractivity contribution is 0.0734. The summed E-state index contributed by atoms with van der Waals surface area (Å²) >= 11 is 0. The highest BCUT2D eigenvalue weighted by molar-refractivity contribution is 5.95. The predicted octanol–water partition coefficient (Wildman–Crippen LogP) is -0.184. The zero-order chi connectivity index (χ0) is 13.0. The minimum Gasteiger partial charge on any atom is -0.508 e. The molecule has 0 aromatic heterocycles. The molecule has 6 nitrogen and oxygen atoms in total. The van der Waals surface area contributed by atoms with Crippen molar-refractivity contribution in [2.24, 2.45) is 0 Å². The number of carbonyl (C=O) groups excluding carboxylic acids is 1. The van der Waals surface area contributed by atoms with Crippen molar-refractivity contribution in [2.45, 2.75) is 6.04 Å². The van der Waals surface area contributed by atoms with Crippen LogP contribution in [0.2, 0.25) is 0 Å². The molecule has 0 spiro atoms. The summed E-state index contributed by atoms with van der Waals surface area (Å²) in [7, 11) is 0. The van der Waals surface area contributed by atoms with Gasteiger partial charge >= 0.3 is 0 Å². The molecule has 1 aromatic carbocycles. The Bertz CT molecular complexity index is 410. The van der Waals surface area contributed by atoms with E-state index in [0.29, 0.717) is 19.8 Å². The van der Waals surface area contributed by atoms with E-state index >= 15 is 0 Å². The molecule has 18 heavy (non-hydrogen) atoms. The maximum atomic E-state index is 11.8. The largest absolute Gasteiger partial charge is 0.508 e. The van der Waals surface area contributed by atoms with Gasteiger partial charge in [0.1, 0.15) is 11.5 Å². The Hall–Kier alpha value is -1.79. The van der Waals surface area contributed by atoms with Crippen molar-refractivity contribution in [1.82, 2.24) is 10.6 Å². The fourth-order valence-corrected chi connectivity index (χ4v) is 1.80. The number of amides is 1. The maximum Gasteiger partial charge on any atom is 0.251 e. The first-order chi connectivity index (χ1) is 8.65. The molecule has 1 atom stereocenters. The third-order valence-corrected chi connectivity index (χ3v) is 2.67. The van der Waals surface area contributed by atoms with Gasteiger partial charge in [-0.2, -0.15) is 0 Å². The summed E-state index contributed by atoms with van der Waals surface area (Å²) in [6, 6.07) is 3.88. The van der Waals surface area contributed by atoms with Crippen molar-refractivity contribution >= 4 is 5.91 Å². The smallest absolute Gasteiger partial charge is 0.251 e. The second-order valence-electron chi connectivity index (χ2n) is 4.17. The average Bonchev–Trinajstić information content (AvgIpc) is 2.36. The van der Waals surface area contributed by atoms with Crippen molar-refractivity contribution in [3.05, 3.63) is 23.8 Å². The van der Waals surface area contributed by atoms with Gasteiger partial charge < -0.3 is 25.6 Å². The van der Waals surface area contributed by atoms with Crippen LogP contribution in [0.5, 0.6) is 11.5 Å². The Morgan fingerprint density at radius 1 is 1.39 bits per heavy atom. The average molecular weight is 252 g/mol. The molecule has 0 radical (unpaired) electrons. The van der Waals surface area contributed by atoms with Crippen molar-refractivity contribution < 1.29 is 19.7 Å². The van der Waals surface area contributed by atoms with Crippen LogP contribution in [-0.4, -0.2) is 48.5 Å². The molecule has 1 unspecified atom stereocenters. The van der Waals surface area contributed by atoms with Crippen LogP contribution in [0.25, 0.3) is 0 Å². The van der Waals surface area contributed by atoms with Crippen LogP contribution in [0.4, 0.5) is 0 Å². The van der Waals surface area contributed by atoms with Gasteiger partial charge in [-0.25, -0.2) is 0 Å². The number of nitrogens with one attached hydrogen (secondary N) is 2. The predicted molar refractivity (Wildman–Crippen MR) is 64.7 cm³/mol. The molecule has 4 N–H and O–H groups in total. The Labute approximate surface area is 105 Å². The highest BCUT2D eigenvalue weighted by Crippen LogP contribution is 2.20. The van der Waals surface area contributed by atoms with Gasteiger partial charge in [0, 0.05) is 30.8 Å². The molecular weight excluding hydrogens is 236 g/mol. The topological polar surface area (TPSA) is 90.8 Å². The zero-order valence-corrected chi connectivity index (χ0v) is 9.85. The molecule has 0 aliphatic carbocycles. The molecule has 6 heteroatoms. The molecule has 1 saturated heterocycles. The summed E-state index contributed by atoms with van der Waals surface area (Å²) in [5.41, 5.74) is 0.226. The van der Waals surface area contributed by atoms with Crippen LogP contribution in [0, 0.1) is 0 Å². The van der Waals surface area contributed by atoms with Crippen LogP contribution in [0.3, 0.4) is 0 Å². The lowest BCUT2D eigenvalue weighted by atomic mass is 10.2. The first-order valence-electron chi connectivity index (χ1n) is 5.77. The van der Waals surface area contributed by atoms with E-state index in [-0.39, 0.29) is 29.0 Å². The summed E-state index contributed by atoms with van der Waals surface area (Å²) in [6.45, 7) is 2.46. The number of aromatic hydroxyl groups is 2. The van der Waals surface area contributed by atoms with E-state index in [0.717, 1.165) is 6.54 Å². The second kappa shape index (κ2) is 5.70. The number of ether oxygens (including phenoxy) is 1. The van der Waals surface area contributed by atoms with Gasteiger partial charge in [0.05, 0.1) is 13.2 Å². The third kappa shape index (κ3) is 3.35. The number of benzene rings is 1. The number of carbonyl (C=O) groups is 1. The van der Waals surface area contributed by atoms with E-state index in [2.05, 4.69) is 10.6 Å². The van der Waals surface area contributed by atoms with Crippen molar-refractivity contribution in [3.63, 3.8) is 0 Å². The Balaban J connectivity index is 1.90. The molecule has 1 fully saturated rings. The molecule has 1 aliphatic heterocycles. The quantitative estimate of drug-likeness (QED) is 0.599. The van der Waals surface area contributed by atoms with Crippen molar-refractivity contribution in [3.8, 4) is 11.5 Å². The number of hydrogen-bond donors (Lipinski definition) is 4. The fourth-order valence-electron chi connectivity index (χ4n) is 1.80. The lowest BCUT2D eigenvalue weighted by Crippen LogP contribution is -2.48. The molecule has 1 heterocycles. The second-order valence-corrected chi connectivity index (χ2v) is 4.17. The van der Waals surface area contributed by atoms with E-state index in [1.54, 1.807) is 0 Å². The first kappa shape index (κ1) is 12.7. The third-order valence-electron chi connectivity index (χ3n) is 2.67. The zero-order valence-electron chi connectivity index (χ0n) is 9.85. The van der Waals surface area contributed by atoms with E-state index in [1.165, 1.54) is 18.2 Å². The van der Waals surface area contributed by atoms with E-state index in [9.17, 15) is 15.0 Å². The van der Waals surface area contributed by atoms with Crippen LogP contribution >= 0.6 is 0 Å². The molecule has 0 bridgehead atoms. The van der Waals surface area contributed by atoms with Gasteiger partial charge in [-0.15, -0.1) is 0 Å². The molecular formula is C12H16N2O4. The van der Waals surface area contributed by atoms with Crippen molar-refractivity contribution in [1.29, 1.82) is 0 Å². The van der Waals surface area contributed by atoms with Gasteiger partial charge in [-0.3, -0.25) is 4.79 Å². The van der Waals surface area contributed by atoms with Crippen molar-refractivity contribution in [2.75, 3.05) is 26.3 Å². The standard InChI is InChI=1S/C12H16N2O4/c15-10-3-8(4-11(16)5-10)12(17)14-6-9-7-18-2-1-13-9/h3-5,9,13,15-16H,1-2,6-7H2,(H,14,17). The van der Waals surface area contributed by atoms with Crippen LogP contribution < -0.4 is 10.6 Å². The van der Waals surface area contributed by atoms with Gasteiger partial charge in [0.15, 0.2) is 0 Å². The monoisotopic (exact) mass is 252 g/mol. The number of hydrogen-bond acceptors (Lipinski definition) is 5. The highest BCUT2D eigenvalue weighted by atomic mass is 16.5. The minimum absolute atomic E-state index is 0.0913. The lowest BCUT2D eigenvalue weighted by Gasteiger charge is -2.23. The van der Waals surface area contributed by atoms with Crippen LogP contribution in [0.15, 0.2) is 18.2 Å². The van der Waals surface area contributed by atoms with Gasteiger partial charge in [-0.1, -0.05) is 0 Å². The summed E-state index contributed by atoms with van der Waals surface area (Å²) in [4.78, 5) is 11.8. The molecule has 1 aliphatic rings. The van der Waals surface area contributed by atoms with E-state index in [4.69, 9.17) is 4.74 Å².